The predicted molar refractivity (Wildman–Crippen MR) is 163 cm³/mol. The molecule has 0 unspecified atom stereocenters. The highest BCUT2D eigenvalue weighted by molar-refractivity contribution is 7.92. The highest BCUT2D eigenvalue weighted by Crippen LogP contribution is 2.36. The number of carbonyl (C=O) groups is 2. The zero-order valence-electron chi connectivity index (χ0n) is 23.8. The molecule has 0 fully saturated rings. The zero-order valence-corrected chi connectivity index (χ0v) is 25.4. The van der Waals surface area contributed by atoms with Crippen LogP contribution in [0.4, 0.5) is 5.69 Å². The number of anilines is 1. The SMILES string of the molecule is CCCCNC(=O)[C@@H](Cc1ccccc1)N(Cc1ccc(Cl)cc1)C(=O)CN(c1ccc2c(c1)OCO2)S(=O)(=O)CC. The van der Waals surface area contributed by atoms with E-state index < -0.39 is 28.5 Å². The van der Waals surface area contributed by atoms with E-state index in [0.29, 0.717) is 23.1 Å². The quantitative estimate of drug-likeness (QED) is 0.262. The van der Waals surface area contributed by atoms with Crippen LogP contribution in [-0.4, -0.2) is 56.8 Å². The van der Waals surface area contributed by atoms with Crippen molar-refractivity contribution in [1.29, 1.82) is 0 Å². The summed E-state index contributed by atoms with van der Waals surface area (Å²) in [6.07, 6.45) is 1.95. The average molecular weight is 614 g/mol. The fourth-order valence-electron chi connectivity index (χ4n) is 4.61. The minimum Gasteiger partial charge on any atom is -0.454 e. The first kappa shape index (κ1) is 31.2. The van der Waals surface area contributed by atoms with E-state index in [1.807, 2.05) is 37.3 Å². The van der Waals surface area contributed by atoms with Crippen LogP contribution in [0.3, 0.4) is 0 Å². The fraction of sp³-hybridized carbons (Fsp3) is 0.355. The van der Waals surface area contributed by atoms with E-state index in [1.54, 1.807) is 42.5 Å². The Kier molecular flexibility index (Phi) is 10.7. The van der Waals surface area contributed by atoms with Crippen molar-refractivity contribution in [1.82, 2.24) is 10.2 Å². The Morgan fingerprint density at radius 2 is 1.67 bits per heavy atom. The number of hydrogen-bond donors (Lipinski definition) is 1. The lowest BCUT2D eigenvalue weighted by molar-refractivity contribution is -0.140. The third-order valence-corrected chi connectivity index (χ3v) is 8.98. The van der Waals surface area contributed by atoms with Gasteiger partial charge >= 0.3 is 0 Å². The molecule has 0 aromatic heterocycles. The molecule has 1 heterocycles. The molecule has 0 saturated carbocycles. The van der Waals surface area contributed by atoms with Crippen LogP contribution in [0, 0.1) is 0 Å². The van der Waals surface area contributed by atoms with Crippen LogP contribution in [-0.2, 0) is 32.6 Å². The van der Waals surface area contributed by atoms with E-state index >= 15 is 0 Å². The molecule has 1 aliphatic heterocycles. The minimum absolute atomic E-state index is 0.0292. The lowest BCUT2D eigenvalue weighted by Crippen LogP contribution is -2.53. The van der Waals surface area contributed by atoms with Crippen molar-refractivity contribution in [2.24, 2.45) is 0 Å². The van der Waals surface area contributed by atoms with Crippen molar-refractivity contribution in [2.45, 2.75) is 45.7 Å². The fourth-order valence-corrected chi connectivity index (χ4v) is 5.79. The van der Waals surface area contributed by atoms with Crippen molar-refractivity contribution < 1.29 is 27.5 Å². The highest BCUT2D eigenvalue weighted by atomic mass is 35.5. The van der Waals surface area contributed by atoms with Crippen molar-refractivity contribution >= 4 is 39.1 Å². The van der Waals surface area contributed by atoms with E-state index in [0.717, 1.165) is 28.3 Å². The molecule has 11 heteroatoms. The largest absolute Gasteiger partial charge is 0.454 e. The number of benzene rings is 3. The number of carbonyl (C=O) groups excluding carboxylic acids is 2. The first-order chi connectivity index (χ1) is 20.2. The third kappa shape index (κ3) is 7.95. The van der Waals surface area contributed by atoms with Gasteiger partial charge in [-0.25, -0.2) is 8.42 Å². The van der Waals surface area contributed by atoms with Gasteiger partial charge in [-0.05, 0) is 48.7 Å². The van der Waals surface area contributed by atoms with Crippen LogP contribution < -0.4 is 19.1 Å². The average Bonchev–Trinajstić information content (AvgIpc) is 3.47. The molecule has 2 amide bonds. The number of sulfonamides is 1. The van der Waals surface area contributed by atoms with Crippen LogP contribution >= 0.6 is 11.6 Å². The standard InChI is InChI=1S/C31H36ClN3O6S/c1-3-5-17-33-31(37)27(18-23-9-7-6-8-10-23)34(20-24-11-13-25(32)14-12-24)30(36)21-35(42(38,39)4-2)26-15-16-28-29(19-26)41-22-40-28/h6-16,19,27H,3-5,17-18,20-22H2,1-2H3,(H,33,37)/t27-/m1/s1. The number of nitrogens with one attached hydrogen (secondary N) is 1. The van der Waals surface area contributed by atoms with E-state index in [-0.39, 0.29) is 37.1 Å². The number of amides is 2. The Labute approximate surface area is 252 Å². The van der Waals surface area contributed by atoms with Crippen molar-refractivity contribution in [3.05, 3.63) is 88.9 Å². The van der Waals surface area contributed by atoms with Gasteiger partial charge in [-0.1, -0.05) is 67.4 Å². The molecule has 0 aliphatic carbocycles. The number of rotatable bonds is 14. The molecule has 0 spiro atoms. The Morgan fingerprint density at radius 3 is 2.36 bits per heavy atom. The van der Waals surface area contributed by atoms with Gasteiger partial charge in [0.05, 0.1) is 11.4 Å². The lowest BCUT2D eigenvalue weighted by Gasteiger charge is -2.33. The topological polar surface area (TPSA) is 105 Å². The maximum Gasteiger partial charge on any atom is 0.244 e. The Hall–Kier alpha value is -3.76. The third-order valence-electron chi connectivity index (χ3n) is 6.99. The monoisotopic (exact) mass is 613 g/mol. The molecule has 0 bridgehead atoms. The van der Waals surface area contributed by atoms with Crippen LogP contribution in [0.2, 0.25) is 5.02 Å². The van der Waals surface area contributed by atoms with Crippen LogP contribution in [0.5, 0.6) is 11.5 Å². The van der Waals surface area contributed by atoms with Crippen molar-refractivity contribution in [3.8, 4) is 11.5 Å². The molecule has 42 heavy (non-hydrogen) atoms. The van der Waals surface area contributed by atoms with Crippen LogP contribution in [0.15, 0.2) is 72.8 Å². The molecule has 0 radical (unpaired) electrons. The smallest absolute Gasteiger partial charge is 0.244 e. The van der Waals surface area contributed by atoms with E-state index in [2.05, 4.69) is 5.32 Å². The van der Waals surface area contributed by atoms with Gasteiger partial charge < -0.3 is 19.7 Å². The molecule has 3 aromatic rings. The van der Waals surface area contributed by atoms with E-state index in [9.17, 15) is 18.0 Å². The molecule has 4 rings (SSSR count). The van der Waals surface area contributed by atoms with Gasteiger partial charge in [0.25, 0.3) is 0 Å². The van der Waals surface area contributed by atoms with Gasteiger partial charge in [0.1, 0.15) is 12.6 Å². The number of unbranched alkanes of at least 4 members (excludes halogenated alkanes) is 1. The van der Waals surface area contributed by atoms with Gasteiger partial charge in [-0.2, -0.15) is 0 Å². The molecular weight excluding hydrogens is 578 g/mol. The van der Waals surface area contributed by atoms with Crippen molar-refractivity contribution in [2.75, 3.05) is 29.9 Å². The predicted octanol–water partition coefficient (Wildman–Crippen LogP) is 4.78. The summed E-state index contributed by atoms with van der Waals surface area (Å²) >= 11 is 6.11. The van der Waals surface area contributed by atoms with Gasteiger partial charge in [0, 0.05) is 30.6 Å². The maximum absolute atomic E-state index is 14.2. The highest BCUT2D eigenvalue weighted by Gasteiger charge is 2.34. The van der Waals surface area contributed by atoms with E-state index in [1.165, 1.54) is 11.8 Å². The number of ether oxygens (including phenoxy) is 2. The summed E-state index contributed by atoms with van der Waals surface area (Å²) in [6, 6.07) is 20.3. The number of nitrogens with zero attached hydrogens (tertiary/aromatic N) is 2. The Balaban J connectivity index is 1.72. The normalized spacial score (nSPS) is 12.9. The first-order valence-electron chi connectivity index (χ1n) is 14.0. The summed E-state index contributed by atoms with van der Waals surface area (Å²) in [6.45, 7) is 3.62. The summed E-state index contributed by atoms with van der Waals surface area (Å²) in [5, 5.41) is 3.51. The van der Waals surface area contributed by atoms with Gasteiger partial charge in [-0.15, -0.1) is 0 Å². The first-order valence-corrected chi connectivity index (χ1v) is 16.0. The molecule has 224 valence electrons. The number of hydrogen-bond acceptors (Lipinski definition) is 6. The van der Waals surface area contributed by atoms with Crippen molar-refractivity contribution in [3.63, 3.8) is 0 Å². The van der Waals surface area contributed by atoms with Crippen LogP contribution in [0.25, 0.3) is 0 Å². The second kappa shape index (κ2) is 14.4. The zero-order chi connectivity index (χ0) is 30.1. The van der Waals surface area contributed by atoms with Crippen LogP contribution in [0.1, 0.15) is 37.8 Å². The minimum atomic E-state index is -3.89. The van der Waals surface area contributed by atoms with E-state index in [4.69, 9.17) is 21.1 Å². The summed E-state index contributed by atoms with van der Waals surface area (Å²) in [7, 11) is -3.89. The second-order valence-electron chi connectivity index (χ2n) is 9.94. The maximum atomic E-state index is 14.2. The molecule has 0 saturated heterocycles. The molecule has 1 aliphatic rings. The summed E-state index contributed by atoms with van der Waals surface area (Å²) in [4.78, 5) is 29.3. The summed E-state index contributed by atoms with van der Waals surface area (Å²) in [5.74, 6) is -0.160. The molecular formula is C31H36ClN3O6S. The molecule has 9 nitrogen and oxygen atoms in total. The Bertz CT molecular complexity index is 1470. The summed E-state index contributed by atoms with van der Waals surface area (Å²) < 4.78 is 38.5. The number of fused-ring (bicyclic) bond motifs is 1. The second-order valence-corrected chi connectivity index (χ2v) is 12.6. The molecule has 1 atom stereocenters. The lowest BCUT2D eigenvalue weighted by atomic mass is 10.0. The Morgan fingerprint density at radius 1 is 0.952 bits per heavy atom. The van der Waals surface area contributed by atoms with Gasteiger partial charge in [-0.3, -0.25) is 13.9 Å². The summed E-state index contributed by atoms with van der Waals surface area (Å²) in [5.41, 5.74) is 1.89. The van der Waals surface area contributed by atoms with Gasteiger partial charge in [0.2, 0.25) is 28.6 Å². The number of halogens is 1. The molecule has 3 aromatic carbocycles. The van der Waals surface area contributed by atoms with Gasteiger partial charge in [0.15, 0.2) is 11.5 Å². The molecule has 1 N–H and O–H groups in total.